The zero-order chi connectivity index (χ0) is 16.2. The van der Waals surface area contributed by atoms with Crippen LogP contribution in [0.2, 0.25) is 0 Å². The molecule has 3 aromatic rings. The minimum Gasteiger partial charge on any atom is -0.358 e. The summed E-state index contributed by atoms with van der Waals surface area (Å²) in [5.74, 6) is -0.136. The second-order valence-corrected chi connectivity index (χ2v) is 5.65. The van der Waals surface area contributed by atoms with Crippen molar-refractivity contribution in [3.8, 4) is 11.1 Å². The molecular formula is C20H20N2O. The molecule has 0 spiro atoms. The van der Waals surface area contributed by atoms with Gasteiger partial charge in [0.2, 0.25) is 5.91 Å². The minimum atomic E-state index is -0.511. The van der Waals surface area contributed by atoms with Crippen LogP contribution >= 0.6 is 0 Å². The molecule has 3 N–H and O–H groups in total. The molecule has 116 valence electrons. The second-order valence-electron chi connectivity index (χ2n) is 5.65. The van der Waals surface area contributed by atoms with E-state index in [9.17, 15) is 4.79 Å². The van der Waals surface area contributed by atoms with Gasteiger partial charge in [0.25, 0.3) is 0 Å². The number of hydrogen-bond donors (Lipinski definition) is 2. The van der Waals surface area contributed by atoms with Crippen LogP contribution in [0.1, 0.15) is 5.56 Å². The first-order chi connectivity index (χ1) is 11.2. The Labute approximate surface area is 136 Å². The highest BCUT2D eigenvalue weighted by molar-refractivity contribution is 5.96. The standard InChI is InChI=1S/C20H20N2O/c1-22-20(23)19(21)13-14-9-11-16(12-10-14)18-8-4-6-15-5-2-3-7-17(15)18/h2-12,19H,13,21H2,1H3,(H,22,23)/t19-/m0/s1. The molecule has 0 aliphatic carbocycles. The Balaban J connectivity index is 1.88. The Morgan fingerprint density at radius 3 is 2.43 bits per heavy atom. The summed E-state index contributed by atoms with van der Waals surface area (Å²) in [6.45, 7) is 0. The van der Waals surface area contributed by atoms with E-state index < -0.39 is 6.04 Å². The molecule has 0 aliphatic heterocycles. The molecule has 0 bridgehead atoms. The van der Waals surface area contributed by atoms with Crippen LogP contribution in [0.15, 0.2) is 66.7 Å². The number of amides is 1. The summed E-state index contributed by atoms with van der Waals surface area (Å²) in [4.78, 5) is 11.5. The molecule has 0 aliphatic rings. The zero-order valence-electron chi connectivity index (χ0n) is 13.1. The van der Waals surface area contributed by atoms with E-state index in [4.69, 9.17) is 5.73 Å². The number of hydrogen-bond acceptors (Lipinski definition) is 2. The summed E-state index contributed by atoms with van der Waals surface area (Å²) in [6.07, 6.45) is 0.537. The SMILES string of the molecule is CNC(=O)[C@@H](N)Cc1ccc(-c2cccc3ccccc23)cc1. The molecule has 3 aromatic carbocycles. The van der Waals surface area contributed by atoms with Crippen molar-refractivity contribution in [2.45, 2.75) is 12.5 Å². The first kappa shape index (κ1) is 15.3. The third-order valence-electron chi connectivity index (χ3n) is 4.09. The first-order valence-corrected chi connectivity index (χ1v) is 7.73. The molecular weight excluding hydrogens is 284 g/mol. The number of nitrogens with two attached hydrogens (primary N) is 1. The third kappa shape index (κ3) is 3.25. The van der Waals surface area contributed by atoms with Crippen molar-refractivity contribution in [1.29, 1.82) is 0 Å². The van der Waals surface area contributed by atoms with Crippen LogP contribution in [0.4, 0.5) is 0 Å². The highest BCUT2D eigenvalue weighted by atomic mass is 16.2. The van der Waals surface area contributed by atoms with Crippen LogP contribution in [0.3, 0.4) is 0 Å². The van der Waals surface area contributed by atoms with Gasteiger partial charge < -0.3 is 11.1 Å². The van der Waals surface area contributed by atoms with Crippen LogP contribution in [-0.2, 0) is 11.2 Å². The summed E-state index contributed by atoms with van der Waals surface area (Å²) < 4.78 is 0. The van der Waals surface area contributed by atoms with Crippen molar-refractivity contribution in [2.75, 3.05) is 7.05 Å². The van der Waals surface area contributed by atoms with Crippen molar-refractivity contribution in [1.82, 2.24) is 5.32 Å². The molecule has 0 unspecified atom stereocenters. The number of fused-ring (bicyclic) bond motifs is 1. The third-order valence-corrected chi connectivity index (χ3v) is 4.09. The van der Waals surface area contributed by atoms with E-state index in [1.165, 1.54) is 21.9 Å². The van der Waals surface area contributed by atoms with Gasteiger partial charge in [-0.15, -0.1) is 0 Å². The van der Waals surface area contributed by atoms with Crippen molar-refractivity contribution in [3.05, 3.63) is 72.3 Å². The van der Waals surface area contributed by atoms with Gasteiger partial charge in [-0.2, -0.15) is 0 Å². The van der Waals surface area contributed by atoms with E-state index in [0.29, 0.717) is 6.42 Å². The van der Waals surface area contributed by atoms with Crippen LogP contribution in [0.25, 0.3) is 21.9 Å². The van der Waals surface area contributed by atoms with Gasteiger partial charge >= 0.3 is 0 Å². The van der Waals surface area contributed by atoms with E-state index in [2.05, 4.69) is 59.9 Å². The molecule has 0 fully saturated rings. The summed E-state index contributed by atoms with van der Waals surface area (Å²) >= 11 is 0. The maximum absolute atomic E-state index is 11.5. The first-order valence-electron chi connectivity index (χ1n) is 7.73. The second kappa shape index (κ2) is 6.63. The fraction of sp³-hybridized carbons (Fsp3) is 0.150. The van der Waals surface area contributed by atoms with E-state index in [0.717, 1.165) is 5.56 Å². The van der Waals surface area contributed by atoms with Gasteiger partial charge in [0.15, 0.2) is 0 Å². The topological polar surface area (TPSA) is 55.1 Å². The fourth-order valence-electron chi connectivity index (χ4n) is 2.83. The van der Waals surface area contributed by atoms with Gasteiger partial charge in [-0.25, -0.2) is 0 Å². The van der Waals surface area contributed by atoms with Crippen molar-refractivity contribution in [3.63, 3.8) is 0 Å². The van der Waals surface area contributed by atoms with Crippen molar-refractivity contribution >= 4 is 16.7 Å². The summed E-state index contributed by atoms with van der Waals surface area (Å²) in [5.41, 5.74) is 9.31. The average Bonchev–Trinajstić information content (AvgIpc) is 2.61. The largest absolute Gasteiger partial charge is 0.358 e. The normalized spacial score (nSPS) is 12.1. The van der Waals surface area contributed by atoms with Gasteiger partial charge in [0.1, 0.15) is 0 Å². The lowest BCUT2D eigenvalue weighted by Gasteiger charge is -2.11. The molecule has 3 rings (SSSR count). The highest BCUT2D eigenvalue weighted by Gasteiger charge is 2.12. The Morgan fingerprint density at radius 2 is 1.70 bits per heavy atom. The monoisotopic (exact) mass is 304 g/mol. The summed E-state index contributed by atoms with van der Waals surface area (Å²) in [6, 6.07) is 22.5. The number of benzene rings is 3. The van der Waals surface area contributed by atoms with Gasteiger partial charge in [-0.3, -0.25) is 4.79 Å². The van der Waals surface area contributed by atoms with Gasteiger partial charge in [-0.05, 0) is 33.9 Å². The highest BCUT2D eigenvalue weighted by Crippen LogP contribution is 2.28. The fourth-order valence-corrected chi connectivity index (χ4v) is 2.83. The lowest BCUT2D eigenvalue weighted by atomic mass is 9.96. The molecule has 1 atom stereocenters. The van der Waals surface area contributed by atoms with E-state index >= 15 is 0 Å². The lowest BCUT2D eigenvalue weighted by molar-refractivity contribution is -0.121. The lowest BCUT2D eigenvalue weighted by Crippen LogP contribution is -2.40. The number of carbonyl (C=O) groups is 1. The van der Waals surface area contributed by atoms with Gasteiger partial charge in [0, 0.05) is 7.05 Å². The zero-order valence-corrected chi connectivity index (χ0v) is 13.1. The molecule has 0 radical (unpaired) electrons. The van der Waals surface area contributed by atoms with Crippen LogP contribution < -0.4 is 11.1 Å². The van der Waals surface area contributed by atoms with E-state index in [-0.39, 0.29) is 5.91 Å². The van der Waals surface area contributed by atoms with E-state index in [1.807, 2.05) is 12.1 Å². The Morgan fingerprint density at radius 1 is 1.00 bits per heavy atom. The molecule has 0 saturated heterocycles. The average molecular weight is 304 g/mol. The van der Waals surface area contributed by atoms with Crippen LogP contribution in [-0.4, -0.2) is 19.0 Å². The smallest absolute Gasteiger partial charge is 0.237 e. The predicted octanol–water partition coefficient (Wildman–Crippen LogP) is 3.12. The van der Waals surface area contributed by atoms with Crippen molar-refractivity contribution in [2.24, 2.45) is 5.73 Å². The molecule has 3 heteroatoms. The minimum absolute atomic E-state index is 0.136. The van der Waals surface area contributed by atoms with Crippen LogP contribution in [0, 0.1) is 0 Å². The number of nitrogens with one attached hydrogen (secondary N) is 1. The molecule has 0 aromatic heterocycles. The summed E-state index contributed by atoms with van der Waals surface area (Å²) in [7, 11) is 1.60. The quantitative estimate of drug-likeness (QED) is 0.778. The number of likely N-dealkylation sites (N-methyl/N-ethyl adjacent to an activating group) is 1. The predicted molar refractivity (Wildman–Crippen MR) is 95.1 cm³/mol. The Hall–Kier alpha value is -2.65. The molecule has 23 heavy (non-hydrogen) atoms. The van der Waals surface area contributed by atoms with Crippen molar-refractivity contribution < 1.29 is 4.79 Å². The molecule has 0 heterocycles. The number of carbonyl (C=O) groups excluding carboxylic acids is 1. The molecule has 0 saturated carbocycles. The van der Waals surface area contributed by atoms with Gasteiger partial charge in [0.05, 0.1) is 6.04 Å². The van der Waals surface area contributed by atoms with Crippen LogP contribution in [0.5, 0.6) is 0 Å². The maximum atomic E-state index is 11.5. The maximum Gasteiger partial charge on any atom is 0.237 e. The molecule has 3 nitrogen and oxygen atoms in total. The van der Waals surface area contributed by atoms with E-state index in [1.54, 1.807) is 7.05 Å². The van der Waals surface area contributed by atoms with Gasteiger partial charge in [-0.1, -0.05) is 66.7 Å². The molecule has 1 amide bonds. The number of rotatable bonds is 4. The Kier molecular flexibility index (Phi) is 4.40. The Bertz CT molecular complexity index is 819. The summed E-state index contributed by atoms with van der Waals surface area (Å²) in [5, 5.41) is 5.05.